The van der Waals surface area contributed by atoms with Gasteiger partial charge in [0.05, 0.1) is 5.92 Å². The van der Waals surface area contributed by atoms with Gasteiger partial charge < -0.3 is 25.8 Å². The van der Waals surface area contributed by atoms with Crippen LogP contribution in [0.5, 0.6) is 0 Å². The molecule has 0 aromatic carbocycles. The first kappa shape index (κ1) is 22.2. The Bertz CT molecular complexity index is 467. The third-order valence-electron chi connectivity index (χ3n) is 5.92. The molecule has 0 aromatic heterocycles. The molecule has 1 unspecified atom stereocenters. The van der Waals surface area contributed by atoms with Crippen LogP contribution in [0.4, 0.5) is 4.79 Å². The van der Waals surface area contributed by atoms with Gasteiger partial charge in [0.25, 0.3) is 0 Å². The monoisotopic (exact) mass is 401 g/mol. The van der Waals surface area contributed by atoms with E-state index in [-0.39, 0.29) is 30.3 Å². The van der Waals surface area contributed by atoms with E-state index in [0.29, 0.717) is 12.6 Å². The average Bonchev–Trinajstić information content (AvgIpc) is 3.19. The molecule has 0 bridgehead atoms. The Labute approximate surface area is 169 Å². The largest absolute Gasteiger partial charge is 0.356 e. The maximum Gasteiger partial charge on any atom is 0.317 e. The molecule has 3 N–H and O–H groups in total. The fraction of sp³-hybridized carbons (Fsp3) is 0.895. The Morgan fingerprint density at radius 1 is 1.00 bits per heavy atom. The number of nitrogens with one attached hydrogen (secondary N) is 3. The predicted molar refractivity (Wildman–Crippen MR) is 109 cm³/mol. The van der Waals surface area contributed by atoms with Crippen LogP contribution in [-0.2, 0) is 4.79 Å². The zero-order valence-corrected chi connectivity index (χ0v) is 17.2. The van der Waals surface area contributed by atoms with Crippen molar-refractivity contribution in [3.63, 3.8) is 0 Å². The number of piperidine rings is 1. The SMILES string of the molecule is Cl.O=C(NCCCN1CCNCC1)C1CCCN(C(=O)NC2CCCC2)C1. The molecule has 7 nitrogen and oxygen atoms in total. The maximum absolute atomic E-state index is 12.5. The third-order valence-corrected chi connectivity index (χ3v) is 5.92. The Morgan fingerprint density at radius 3 is 2.48 bits per heavy atom. The normalized spacial score (nSPS) is 24.3. The van der Waals surface area contributed by atoms with Gasteiger partial charge in [-0.25, -0.2) is 4.79 Å². The van der Waals surface area contributed by atoms with Crippen molar-refractivity contribution in [2.24, 2.45) is 5.92 Å². The number of carbonyl (C=O) groups excluding carboxylic acids is 2. The molecule has 3 fully saturated rings. The number of hydrogen-bond donors (Lipinski definition) is 3. The lowest BCUT2D eigenvalue weighted by atomic mass is 9.97. The van der Waals surface area contributed by atoms with Crippen molar-refractivity contribution in [1.82, 2.24) is 25.8 Å². The Balaban J connectivity index is 0.00000261. The number of amides is 3. The quantitative estimate of drug-likeness (QED) is 0.584. The summed E-state index contributed by atoms with van der Waals surface area (Å²) in [7, 11) is 0. The van der Waals surface area contributed by atoms with Gasteiger partial charge in [-0.2, -0.15) is 0 Å². The van der Waals surface area contributed by atoms with Gasteiger partial charge in [-0.05, 0) is 38.6 Å². The maximum atomic E-state index is 12.5. The Morgan fingerprint density at radius 2 is 1.74 bits per heavy atom. The minimum absolute atomic E-state index is 0. The van der Waals surface area contributed by atoms with Crippen LogP contribution in [0.1, 0.15) is 44.9 Å². The van der Waals surface area contributed by atoms with Gasteiger partial charge in [0.2, 0.25) is 5.91 Å². The zero-order valence-electron chi connectivity index (χ0n) is 16.4. The molecule has 2 saturated heterocycles. The van der Waals surface area contributed by atoms with Gasteiger partial charge >= 0.3 is 6.03 Å². The molecular formula is C19H36ClN5O2. The first-order valence-electron chi connectivity index (χ1n) is 10.5. The van der Waals surface area contributed by atoms with Crippen LogP contribution < -0.4 is 16.0 Å². The molecular weight excluding hydrogens is 366 g/mol. The molecule has 1 aliphatic carbocycles. The van der Waals surface area contributed by atoms with Gasteiger partial charge in [-0.15, -0.1) is 12.4 Å². The van der Waals surface area contributed by atoms with E-state index in [9.17, 15) is 9.59 Å². The molecule has 3 rings (SSSR count). The summed E-state index contributed by atoms with van der Waals surface area (Å²) >= 11 is 0. The average molecular weight is 402 g/mol. The molecule has 2 heterocycles. The molecule has 8 heteroatoms. The number of nitrogens with zero attached hydrogens (tertiary/aromatic N) is 2. The molecule has 2 aliphatic heterocycles. The standard InChI is InChI=1S/C19H35N5O2.ClH/c25-18(21-8-4-11-23-13-9-20-10-14-23)16-5-3-12-24(15-16)19(26)22-17-6-1-2-7-17;/h16-17,20H,1-15H2,(H,21,25)(H,22,26);1H. The molecule has 156 valence electrons. The predicted octanol–water partition coefficient (Wildman–Crippen LogP) is 1.18. The lowest BCUT2D eigenvalue weighted by Crippen LogP contribution is -2.50. The van der Waals surface area contributed by atoms with Crippen LogP contribution in [0, 0.1) is 5.92 Å². The minimum Gasteiger partial charge on any atom is -0.356 e. The lowest BCUT2D eigenvalue weighted by molar-refractivity contribution is -0.126. The highest BCUT2D eigenvalue weighted by Gasteiger charge is 2.29. The molecule has 0 radical (unpaired) electrons. The van der Waals surface area contributed by atoms with Gasteiger partial charge in [0.1, 0.15) is 0 Å². The summed E-state index contributed by atoms with van der Waals surface area (Å²) in [4.78, 5) is 29.2. The number of hydrogen-bond acceptors (Lipinski definition) is 4. The van der Waals surface area contributed by atoms with Gasteiger partial charge in [0, 0.05) is 51.9 Å². The number of likely N-dealkylation sites (tertiary alicyclic amines) is 1. The zero-order chi connectivity index (χ0) is 18.2. The lowest BCUT2D eigenvalue weighted by Gasteiger charge is -2.33. The second kappa shape index (κ2) is 11.7. The molecule has 0 aromatic rings. The smallest absolute Gasteiger partial charge is 0.317 e. The summed E-state index contributed by atoms with van der Waals surface area (Å²) < 4.78 is 0. The highest BCUT2D eigenvalue weighted by Crippen LogP contribution is 2.20. The second-order valence-electron chi connectivity index (χ2n) is 7.95. The first-order chi connectivity index (χ1) is 12.7. The summed E-state index contributed by atoms with van der Waals surface area (Å²) in [6.45, 7) is 7.42. The molecule has 27 heavy (non-hydrogen) atoms. The molecule has 3 amide bonds. The Hall–Kier alpha value is -1.05. The number of urea groups is 1. The summed E-state index contributed by atoms with van der Waals surface area (Å²) in [5.41, 5.74) is 0. The summed E-state index contributed by atoms with van der Waals surface area (Å²) in [5, 5.41) is 9.58. The molecule has 1 saturated carbocycles. The number of rotatable bonds is 6. The Kier molecular flexibility index (Phi) is 9.65. The van der Waals surface area contributed by atoms with E-state index >= 15 is 0 Å². The van der Waals surface area contributed by atoms with Crippen molar-refractivity contribution in [2.75, 3.05) is 52.4 Å². The van der Waals surface area contributed by atoms with Crippen molar-refractivity contribution in [3.05, 3.63) is 0 Å². The number of halogens is 1. The van der Waals surface area contributed by atoms with Crippen molar-refractivity contribution >= 4 is 24.3 Å². The first-order valence-corrected chi connectivity index (χ1v) is 10.5. The van der Waals surface area contributed by atoms with Crippen molar-refractivity contribution < 1.29 is 9.59 Å². The topological polar surface area (TPSA) is 76.7 Å². The van der Waals surface area contributed by atoms with Crippen LogP contribution in [0.2, 0.25) is 0 Å². The molecule has 3 aliphatic rings. The van der Waals surface area contributed by atoms with Crippen molar-refractivity contribution in [1.29, 1.82) is 0 Å². The second-order valence-corrected chi connectivity index (χ2v) is 7.95. The van der Waals surface area contributed by atoms with Gasteiger partial charge in [-0.1, -0.05) is 12.8 Å². The number of piperazine rings is 1. The summed E-state index contributed by atoms with van der Waals surface area (Å²) in [6, 6.07) is 0.356. The highest BCUT2D eigenvalue weighted by molar-refractivity contribution is 5.85. The van der Waals surface area contributed by atoms with Crippen LogP contribution in [0.15, 0.2) is 0 Å². The van der Waals surface area contributed by atoms with Crippen molar-refractivity contribution in [2.45, 2.75) is 51.0 Å². The van der Waals surface area contributed by atoms with Crippen LogP contribution in [0.25, 0.3) is 0 Å². The van der Waals surface area contributed by atoms with E-state index in [4.69, 9.17) is 0 Å². The molecule has 1 atom stereocenters. The summed E-state index contributed by atoms with van der Waals surface area (Å²) in [6.07, 6.45) is 7.40. The number of carbonyl (C=O) groups is 2. The molecule has 0 spiro atoms. The van der Waals surface area contributed by atoms with E-state index in [0.717, 1.165) is 77.9 Å². The minimum atomic E-state index is -0.0581. The van der Waals surface area contributed by atoms with E-state index in [1.807, 2.05) is 4.90 Å². The van der Waals surface area contributed by atoms with E-state index in [2.05, 4.69) is 20.9 Å². The third kappa shape index (κ3) is 7.12. The fourth-order valence-electron chi connectivity index (χ4n) is 4.31. The van der Waals surface area contributed by atoms with Gasteiger partial charge in [0.15, 0.2) is 0 Å². The van der Waals surface area contributed by atoms with Gasteiger partial charge in [-0.3, -0.25) is 4.79 Å². The van der Waals surface area contributed by atoms with E-state index in [1.165, 1.54) is 12.8 Å². The fourth-order valence-corrected chi connectivity index (χ4v) is 4.31. The highest BCUT2D eigenvalue weighted by atomic mass is 35.5. The van der Waals surface area contributed by atoms with Crippen LogP contribution >= 0.6 is 12.4 Å². The van der Waals surface area contributed by atoms with E-state index in [1.54, 1.807) is 0 Å². The van der Waals surface area contributed by atoms with Crippen molar-refractivity contribution in [3.8, 4) is 0 Å². The van der Waals surface area contributed by atoms with Crippen LogP contribution in [0.3, 0.4) is 0 Å². The van der Waals surface area contributed by atoms with E-state index < -0.39 is 0 Å². The van der Waals surface area contributed by atoms with Crippen LogP contribution in [-0.4, -0.2) is 80.1 Å². The summed E-state index contributed by atoms with van der Waals surface area (Å²) in [5.74, 6) is 0.0564.